The van der Waals surface area contributed by atoms with Gasteiger partial charge < -0.3 is 19.1 Å². The second kappa shape index (κ2) is 7.35. The molecule has 0 spiro atoms. The summed E-state index contributed by atoms with van der Waals surface area (Å²) in [6.45, 7) is 7.29. The van der Waals surface area contributed by atoms with E-state index >= 15 is 0 Å². The van der Waals surface area contributed by atoms with Crippen LogP contribution >= 0.6 is 0 Å². The lowest BCUT2D eigenvalue weighted by Gasteiger charge is -2.36. The minimum Gasteiger partial charge on any atom is -0.459 e. The Morgan fingerprint density at radius 3 is 2.31 bits per heavy atom. The number of nitrogens with zero attached hydrogens (tertiary/aromatic N) is 5. The summed E-state index contributed by atoms with van der Waals surface area (Å²) in [5, 5.41) is 0. The van der Waals surface area contributed by atoms with E-state index in [1.54, 1.807) is 18.5 Å². The van der Waals surface area contributed by atoms with Crippen molar-refractivity contribution in [3.05, 3.63) is 36.5 Å². The molecule has 0 atom stereocenters. The molecular weight excluding hydrogens is 330 g/mol. The van der Waals surface area contributed by atoms with Crippen molar-refractivity contribution in [1.82, 2.24) is 14.9 Å². The minimum absolute atomic E-state index is 0.0412. The van der Waals surface area contributed by atoms with Gasteiger partial charge in [0.05, 0.1) is 6.26 Å². The van der Waals surface area contributed by atoms with Crippen molar-refractivity contribution >= 4 is 17.5 Å². The number of furan rings is 1. The zero-order valence-corrected chi connectivity index (χ0v) is 15.2. The van der Waals surface area contributed by atoms with E-state index in [9.17, 15) is 4.79 Å². The highest BCUT2D eigenvalue weighted by atomic mass is 16.3. The van der Waals surface area contributed by atoms with Gasteiger partial charge in [-0.25, -0.2) is 9.97 Å². The van der Waals surface area contributed by atoms with Gasteiger partial charge in [-0.1, -0.05) is 6.92 Å². The molecule has 1 amide bonds. The van der Waals surface area contributed by atoms with Gasteiger partial charge in [0.1, 0.15) is 18.0 Å². The molecule has 0 N–H and O–H groups in total. The van der Waals surface area contributed by atoms with Crippen molar-refractivity contribution in [1.29, 1.82) is 0 Å². The number of amides is 1. The Hall–Kier alpha value is -2.57. The van der Waals surface area contributed by atoms with Gasteiger partial charge in [-0.2, -0.15) is 0 Å². The summed E-state index contributed by atoms with van der Waals surface area (Å²) in [6.07, 6.45) is 5.62. The van der Waals surface area contributed by atoms with E-state index in [2.05, 4.69) is 32.8 Å². The molecule has 0 aromatic carbocycles. The van der Waals surface area contributed by atoms with E-state index in [4.69, 9.17) is 4.42 Å². The Labute approximate surface area is 153 Å². The smallest absolute Gasteiger partial charge is 0.289 e. The van der Waals surface area contributed by atoms with E-state index in [0.29, 0.717) is 18.8 Å². The standard InChI is InChI=1S/C19H25N5O2/c1-15-4-6-22(7-5-15)17-13-18(21-14-20-17)23-8-10-24(11-9-23)19(25)16-3-2-12-26-16/h2-3,12-15H,4-11H2,1H3. The Balaban J connectivity index is 1.38. The van der Waals surface area contributed by atoms with Crippen LogP contribution in [0, 0.1) is 5.92 Å². The number of rotatable bonds is 3. The first-order chi connectivity index (χ1) is 12.7. The summed E-state index contributed by atoms with van der Waals surface area (Å²) in [6, 6.07) is 5.54. The summed E-state index contributed by atoms with van der Waals surface area (Å²) in [5.41, 5.74) is 0. The topological polar surface area (TPSA) is 65.7 Å². The van der Waals surface area contributed by atoms with Gasteiger partial charge in [-0.05, 0) is 30.9 Å². The monoisotopic (exact) mass is 355 g/mol. The molecule has 7 heteroatoms. The van der Waals surface area contributed by atoms with Crippen LogP contribution in [0.4, 0.5) is 11.6 Å². The molecule has 2 fully saturated rings. The molecule has 4 rings (SSSR count). The highest BCUT2D eigenvalue weighted by molar-refractivity contribution is 5.91. The fraction of sp³-hybridized carbons (Fsp3) is 0.526. The maximum Gasteiger partial charge on any atom is 0.289 e. The molecule has 7 nitrogen and oxygen atoms in total. The van der Waals surface area contributed by atoms with E-state index in [0.717, 1.165) is 43.7 Å². The SMILES string of the molecule is CC1CCN(c2cc(N3CCN(C(=O)c4ccco4)CC3)ncn2)CC1. The normalized spacial score (nSPS) is 19.0. The first-order valence-corrected chi connectivity index (χ1v) is 9.35. The molecule has 2 saturated heterocycles. The first kappa shape index (κ1) is 16.9. The Bertz CT molecular complexity index is 732. The van der Waals surface area contributed by atoms with Crippen LogP contribution in [-0.2, 0) is 0 Å². The largest absolute Gasteiger partial charge is 0.459 e. The third kappa shape index (κ3) is 3.52. The highest BCUT2D eigenvalue weighted by Crippen LogP contribution is 2.24. The van der Waals surface area contributed by atoms with Gasteiger partial charge >= 0.3 is 0 Å². The van der Waals surface area contributed by atoms with E-state index in [1.807, 2.05) is 4.90 Å². The maximum atomic E-state index is 12.4. The van der Waals surface area contributed by atoms with Gasteiger partial charge in [-0.15, -0.1) is 0 Å². The Kier molecular flexibility index (Phi) is 4.77. The molecule has 26 heavy (non-hydrogen) atoms. The second-order valence-electron chi connectivity index (χ2n) is 7.16. The zero-order chi connectivity index (χ0) is 17.9. The van der Waals surface area contributed by atoms with Gasteiger partial charge in [0.2, 0.25) is 0 Å². The number of piperazine rings is 1. The molecule has 2 aliphatic heterocycles. The summed E-state index contributed by atoms with van der Waals surface area (Å²) in [5.74, 6) is 3.12. The molecule has 138 valence electrons. The molecule has 0 unspecified atom stereocenters. The molecule has 0 saturated carbocycles. The average Bonchev–Trinajstić information content (AvgIpc) is 3.23. The van der Waals surface area contributed by atoms with Crippen LogP contribution in [0.1, 0.15) is 30.3 Å². The summed E-state index contributed by atoms with van der Waals surface area (Å²) < 4.78 is 5.22. The van der Waals surface area contributed by atoms with E-state index in [-0.39, 0.29) is 5.91 Å². The zero-order valence-electron chi connectivity index (χ0n) is 15.2. The van der Waals surface area contributed by atoms with Crippen LogP contribution in [0.25, 0.3) is 0 Å². The van der Waals surface area contributed by atoms with Gasteiger partial charge in [0.25, 0.3) is 5.91 Å². The molecule has 0 bridgehead atoms. The molecule has 2 aromatic rings. The number of carbonyl (C=O) groups is 1. The van der Waals surface area contributed by atoms with Crippen LogP contribution in [0.15, 0.2) is 35.2 Å². The van der Waals surface area contributed by atoms with Crippen molar-refractivity contribution in [3.63, 3.8) is 0 Å². The van der Waals surface area contributed by atoms with Crippen molar-refractivity contribution in [2.75, 3.05) is 49.1 Å². The fourth-order valence-electron chi connectivity index (χ4n) is 3.62. The number of hydrogen-bond acceptors (Lipinski definition) is 6. The molecule has 0 aliphatic carbocycles. The molecule has 2 aromatic heterocycles. The predicted molar refractivity (Wildman–Crippen MR) is 99.5 cm³/mol. The highest BCUT2D eigenvalue weighted by Gasteiger charge is 2.25. The van der Waals surface area contributed by atoms with Gasteiger partial charge in [0.15, 0.2) is 5.76 Å². The number of piperidine rings is 1. The lowest BCUT2D eigenvalue weighted by molar-refractivity contribution is 0.0714. The molecule has 2 aliphatic rings. The number of hydrogen-bond donors (Lipinski definition) is 0. The number of aromatic nitrogens is 2. The Morgan fingerprint density at radius 1 is 1.04 bits per heavy atom. The lowest BCUT2D eigenvalue weighted by Crippen LogP contribution is -2.49. The van der Waals surface area contributed by atoms with Crippen molar-refractivity contribution in [2.45, 2.75) is 19.8 Å². The fourth-order valence-corrected chi connectivity index (χ4v) is 3.62. The molecular formula is C19H25N5O2. The Morgan fingerprint density at radius 2 is 1.69 bits per heavy atom. The quantitative estimate of drug-likeness (QED) is 0.841. The summed E-state index contributed by atoms with van der Waals surface area (Å²) >= 11 is 0. The maximum absolute atomic E-state index is 12.4. The van der Waals surface area contributed by atoms with Crippen molar-refractivity contribution in [2.24, 2.45) is 5.92 Å². The lowest BCUT2D eigenvalue weighted by atomic mass is 9.99. The van der Waals surface area contributed by atoms with Crippen LogP contribution < -0.4 is 9.80 Å². The van der Waals surface area contributed by atoms with Crippen LogP contribution in [0.5, 0.6) is 0 Å². The van der Waals surface area contributed by atoms with E-state index < -0.39 is 0 Å². The third-order valence-corrected chi connectivity index (χ3v) is 5.37. The number of carbonyl (C=O) groups excluding carboxylic acids is 1. The first-order valence-electron chi connectivity index (χ1n) is 9.35. The van der Waals surface area contributed by atoms with Crippen LogP contribution in [0.2, 0.25) is 0 Å². The summed E-state index contributed by atoms with van der Waals surface area (Å²) in [4.78, 5) is 27.7. The second-order valence-corrected chi connectivity index (χ2v) is 7.16. The third-order valence-electron chi connectivity index (χ3n) is 5.37. The molecule has 0 radical (unpaired) electrons. The average molecular weight is 355 g/mol. The van der Waals surface area contributed by atoms with E-state index in [1.165, 1.54) is 19.1 Å². The summed E-state index contributed by atoms with van der Waals surface area (Å²) in [7, 11) is 0. The van der Waals surface area contributed by atoms with Gasteiger partial charge in [0, 0.05) is 45.3 Å². The predicted octanol–water partition coefficient (Wildman–Crippen LogP) is 2.27. The number of anilines is 2. The van der Waals surface area contributed by atoms with Crippen molar-refractivity contribution in [3.8, 4) is 0 Å². The molecule has 4 heterocycles. The van der Waals surface area contributed by atoms with Crippen LogP contribution in [-0.4, -0.2) is 60.0 Å². The van der Waals surface area contributed by atoms with Crippen LogP contribution in [0.3, 0.4) is 0 Å². The minimum atomic E-state index is -0.0412. The van der Waals surface area contributed by atoms with Crippen molar-refractivity contribution < 1.29 is 9.21 Å². The van der Waals surface area contributed by atoms with Gasteiger partial charge in [-0.3, -0.25) is 4.79 Å².